The fourth-order valence-corrected chi connectivity index (χ4v) is 1.74. The van der Waals surface area contributed by atoms with Gasteiger partial charge in [0.15, 0.2) is 0 Å². The number of ether oxygens (including phenoxy) is 1. The first-order valence-electron chi connectivity index (χ1n) is 5.22. The number of esters is 1. The van der Waals surface area contributed by atoms with Crippen molar-refractivity contribution in [2.24, 2.45) is 0 Å². The van der Waals surface area contributed by atoms with E-state index in [9.17, 15) is 4.79 Å². The first kappa shape index (κ1) is 11.9. The second kappa shape index (κ2) is 5.19. The summed E-state index contributed by atoms with van der Waals surface area (Å²) in [6.45, 7) is 2.31. The van der Waals surface area contributed by atoms with E-state index in [2.05, 4.69) is 20.9 Å². The summed E-state index contributed by atoms with van der Waals surface area (Å²) in [4.78, 5) is 14.5. The highest BCUT2D eigenvalue weighted by molar-refractivity contribution is 9.10. The Labute approximate surface area is 108 Å². The lowest BCUT2D eigenvalue weighted by Gasteiger charge is -2.03. The quantitative estimate of drug-likeness (QED) is 0.881. The van der Waals surface area contributed by atoms with Crippen LogP contribution >= 0.6 is 15.9 Å². The summed E-state index contributed by atoms with van der Waals surface area (Å²) < 4.78 is 6.01. The summed E-state index contributed by atoms with van der Waals surface area (Å²) in [6.07, 6.45) is 1.70. The van der Waals surface area contributed by atoms with Crippen molar-refractivity contribution < 1.29 is 9.53 Å². The number of nitrogens with one attached hydrogen (secondary N) is 1. The van der Waals surface area contributed by atoms with Crippen molar-refractivity contribution in [1.82, 2.24) is 4.98 Å². The van der Waals surface area contributed by atoms with Gasteiger partial charge < -0.3 is 9.72 Å². The monoisotopic (exact) mass is 293 g/mol. The number of aromatic amines is 1. The lowest BCUT2D eigenvalue weighted by Crippen LogP contribution is -2.05. The van der Waals surface area contributed by atoms with Crippen molar-refractivity contribution in [1.29, 1.82) is 0 Å². The minimum absolute atomic E-state index is 0.287. The number of benzene rings is 1. The third-order valence-electron chi connectivity index (χ3n) is 2.36. The highest BCUT2D eigenvalue weighted by atomic mass is 79.9. The molecule has 2 rings (SSSR count). The molecule has 1 heterocycles. The molecule has 0 spiro atoms. The maximum absolute atomic E-state index is 11.6. The Bertz CT molecular complexity index is 516. The molecule has 1 aromatic heterocycles. The van der Waals surface area contributed by atoms with Gasteiger partial charge in [-0.2, -0.15) is 0 Å². The molecule has 0 aliphatic carbocycles. The van der Waals surface area contributed by atoms with Gasteiger partial charge in [0.2, 0.25) is 0 Å². The molecule has 0 fully saturated rings. The lowest BCUT2D eigenvalue weighted by atomic mass is 10.2. The molecule has 88 valence electrons. The van der Waals surface area contributed by atoms with Gasteiger partial charge in [0.25, 0.3) is 0 Å². The standard InChI is InChI=1S/C13H12BrNO2/c1-9-2-4-10(5-3-9)8-17-13(16)12-6-11(14)7-15-12/h2-7,15H,8H2,1H3. The Morgan fingerprint density at radius 3 is 2.65 bits per heavy atom. The Hall–Kier alpha value is -1.55. The zero-order valence-electron chi connectivity index (χ0n) is 9.37. The van der Waals surface area contributed by atoms with Crippen molar-refractivity contribution in [3.8, 4) is 0 Å². The van der Waals surface area contributed by atoms with E-state index in [1.807, 2.05) is 31.2 Å². The zero-order chi connectivity index (χ0) is 12.3. The molecule has 4 heteroatoms. The molecule has 3 nitrogen and oxygen atoms in total. The third kappa shape index (κ3) is 3.20. The van der Waals surface area contributed by atoms with E-state index in [4.69, 9.17) is 4.74 Å². The van der Waals surface area contributed by atoms with Gasteiger partial charge in [0.05, 0.1) is 0 Å². The molecule has 17 heavy (non-hydrogen) atoms. The molecule has 0 amide bonds. The maximum Gasteiger partial charge on any atom is 0.355 e. The van der Waals surface area contributed by atoms with Crippen LogP contribution in [-0.4, -0.2) is 11.0 Å². The van der Waals surface area contributed by atoms with Crippen molar-refractivity contribution in [2.45, 2.75) is 13.5 Å². The summed E-state index contributed by atoms with van der Waals surface area (Å²) >= 11 is 3.27. The van der Waals surface area contributed by atoms with Gasteiger partial charge in [-0.05, 0) is 34.5 Å². The first-order valence-corrected chi connectivity index (χ1v) is 6.01. The minimum Gasteiger partial charge on any atom is -0.456 e. The highest BCUT2D eigenvalue weighted by Crippen LogP contribution is 2.12. The Morgan fingerprint density at radius 2 is 2.06 bits per heavy atom. The summed E-state index contributed by atoms with van der Waals surface area (Å²) in [5, 5.41) is 0. The molecular formula is C13H12BrNO2. The van der Waals surface area contributed by atoms with Crippen LogP contribution in [-0.2, 0) is 11.3 Å². The number of hydrogen-bond acceptors (Lipinski definition) is 2. The molecule has 2 aromatic rings. The summed E-state index contributed by atoms with van der Waals surface area (Å²) in [5.41, 5.74) is 2.62. The van der Waals surface area contributed by atoms with E-state index in [-0.39, 0.29) is 12.6 Å². The molecule has 0 aliphatic heterocycles. The lowest BCUT2D eigenvalue weighted by molar-refractivity contribution is 0.0466. The van der Waals surface area contributed by atoms with E-state index in [0.29, 0.717) is 5.69 Å². The van der Waals surface area contributed by atoms with Crippen molar-refractivity contribution in [3.05, 3.63) is 57.8 Å². The fourth-order valence-electron chi connectivity index (χ4n) is 1.40. The van der Waals surface area contributed by atoms with Crippen molar-refractivity contribution >= 4 is 21.9 Å². The topological polar surface area (TPSA) is 42.1 Å². The van der Waals surface area contributed by atoms with E-state index < -0.39 is 0 Å². The van der Waals surface area contributed by atoms with Crippen LogP contribution < -0.4 is 0 Å². The minimum atomic E-state index is -0.351. The number of carbonyl (C=O) groups excluding carboxylic acids is 1. The Morgan fingerprint density at radius 1 is 1.35 bits per heavy atom. The number of rotatable bonds is 3. The van der Waals surface area contributed by atoms with Gasteiger partial charge in [0, 0.05) is 10.7 Å². The largest absolute Gasteiger partial charge is 0.456 e. The van der Waals surface area contributed by atoms with E-state index >= 15 is 0 Å². The third-order valence-corrected chi connectivity index (χ3v) is 2.82. The molecule has 1 aromatic carbocycles. The van der Waals surface area contributed by atoms with Gasteiger partial charge in [-0.25, -0.2) is 4.79 Å². The number of carbonyl (C=O) groups is 1. The molecule has 0 atom stereocenters. The van der Waals surface area contributed by atoms with E-state index in [1.165, 1.54) is 5.56 Å². The van der Waals surface area contributed by atoms with Crippen LogP contribution in [0.1, 0.15) is 21.6 Å². The molecule has 0 radical (unpaired) electrons. The van der Waals surface area contributed by atoms with Crippen LogP contribution in [0.2, 0.25) is 0 Å². The molecule has 0 saturated carbocycles. The second-order valence-electron chi connectivity index (χ2n) is 3.79. The molecule has 0 aliphatic rings. The summed E-state index contributed by atoms with van der Waals surface area (Å²) in [7, 11) is 0. The normalized spacial score (nSPS) is 10.2. The number of halogens is 1. The average Bonchev–Trinajstić information content (AvgIpc) is 2.75. The van der Waals surface area contributed by atoms with E-state index in [1.54, 1.807) is 12.3 Å². The number of H-pyrrole nitrogens is 1. The van der Waals surface area contributed by atoms with Crippen molar-refractivity contribution in [2.75, 3.05) is 0 Å². The van der Waals surface area contributed by atoms with Gasteiger partial charge in [-0.15, -0.1) is 0 Å². The highest BCUT2D eigenvalue weighted by Gasteiger charge is 2.09. The summed E-state index contributed by atoms with van der Waals surface area (Å²) in [6, 6.07) is 9.58. The predicted molar refractivity (Wildman–Crippen MR) is 68.8 cm³/mol. The van der Waals surface area contributed by atoms with E-state index in [0.717, 1.165) is 10.0 Å². The van der Waals surface area contributed by atoms with Gasteiger partial charge in [0.1, 0.15) is 12.3 Å². The molecule has 0 saturated heterocycles. The molecule has 0 bridgehead atoms. The van der Waals surface area contributed by atoms with Crippen LogP contribution in [0.5, 0.6) is 0 Å². The maximum atomic E-state index is 11.6. The smallest absolute Gasteiger partial charge is 0.355 e. The molecule has 0 unspecified atom stereocenters. The first-order chi connectivity index (χ1) is 8.15. The summed E-state index contributed by atoms with van der Waals surface area (Å²) in [5.74, 6) is -0.351. The molecule has 1 N–H and O–H groups in total. The number of aryl methyl sites for hydroxylation is 1. The van der Waals surface area contributed by atoms with Crippen LogP contribution in [0.3, 0.4) is 0 Å². The SMILES string of the molecule is Cc1ccc(COC(=O)c2cc(Br)c[nH]2)cc1. The van der Waals surface area contributed by atoms with Gasteiger partial charge in [-0.3, -0.25) is 0 Å². The van der Waals surface area contributed by atoms with Crippen LogP contribution in [0.4, 0.5) is 0 Å². The van der Waals surface area contributed by atoms with Gasteiger partial charge >= 0.3 is 5.97 Å². The second-order valence-corrected chi connectivity index (χ2v) is 4.71. The van der Waals surface area contributed by atoms with Gasteiger partial charge in [-0.1, -0.05) is 29.8 Å². The fraction of sp³-hybridized carbons (Fsp3) is 0.154. The molecular weight excluding hydrogens is 282 g/mol. The zero-order valence-corrected chi connectivity index (χ0v) is 11.0. The Kier molecular flexibility index (Phi) is 3.64. The Balaban J connectivity index is 1.94. The van der Waals surface area contributed by atoms with Crippen LogP contribution in [0.25, 0.3) is 0 Å². The van der Waals surface area contributed by atoms with Crippen LogP contribution in [0.15, 0.2) is 41.0 Å². The number of aromatic nitrogens is 1. The average molecular weight is 294 g/mol. The number of hydrogen-bond donors (Lipinski definition) is 1. The van der Waals surface area contributed by atoms with Crippen molar-refractivity contribution in [3.63, 3.8) is 0 Å². The van der Waals surface area contributed by atoms with Crippen LogP contribution in [0, 0.1) is 6.92 Å². The predicted octanol–water partition coefficient (Wildman–Crippen LogP) is 3.44.